The maximum Gasteiger partial charge on any atom is 0.266 e. The SMILES string of the molecule is CCN(CC)c1ccc(N/C=C(/C#N)C(=O)N2CCN(C)CC2)c(C)c1.[Cl-]. The van der Waals surface area contributed by atoms with Crippen LogP contribution in [0.25, 0.3) is 0 Å². The third-order valence-corrected chi connectivity index (χ3v) is 4.85. The van der Waals surface area contributed by atoms with Crippen molar-refractivity contribution < 1.29 is 17.2 Å². The number of piperazine rings is 1. The van der Waals surface area contributed by atoms with Gasteiger partial charge in [0.25, 0.3) is 5.91 Å². The lowest BCUT2D eigenvalue weighted by Crippen LogP contribution is -3.00. The van der Waals surface area contributed by atoms with Crippen molar-refractivity contribution in [3.63, 3.8) is 0 Å². The topological polar surface area (TPSA) is 62.6 Å². The minimum absolute atomic E-state index is 0. The van der Waals surface area contributed by atoms with Crippen molar-refractivity contribution in [3.05, 3.63) is 35.5 Å². The van der Waals surface area contributed by atoms with Crippen LogP contribution in [0.15, 0.2) is 30.0 Å². The first-order valence-corrected chi connectivity index (χ1v) is 9.20. The summed E-state index contributed by atoms with van der Waals surface area (Å²) in [5, 5.41) is 12.5. The van der Waals surface area contributed by atoms with E-state index in [9.17, 15) is 10.1 Å². The highest BCUT2D eigenvalue weighted by Crippen LogP contribution is 2.23. The lowest BCUT2D eigenvalue weighted by atomic mass is 10.1. The van der Waals surface area contributed by atoms with Crippen molar-refractivity contribution in [2.45, 2.75) is 20.8 Å². The number of carbonyl (C=O) groups excluding carboxylic acids is 1. The van der Waals surface area contributed by atoms with Crippen LogP contribution in [0, 0.1) is 18.3 Å². The van der Waals surface area contributed by atoms with Gasteiger partial charge in [0.15, 0.2) is 0 Å². The van der Waals surface area contributed by atoms with Crippen LogP contribution in [-0.2, 0) is 4.79 Å². The number of halogens is 1. The number of anilines is 2. The number of nitrogens with zero attached hydrogens (tertiary/aromatic N) is 4. The largest absolute Gasteiger partial charge is 1.00 e. The Hall–Kier alpha value is -2.23. The Morgan fingerprint density at radius 1 is 1.26 bits per heavy atom. The van der Waals surface area contributed by atoms with Crippen LogP contribution >= 0.6 is 0 Å². The molecule has 1 fully saturated rings. The minimum atomic E-state index is -0.203. The van der Waals surface area contributed by atoms with Gasteiger partial charge in [-0.15, -0.1) is 0 Å². The molecule has 7 heteroatoms. The number of nitriles is 1. The number of aryl methyl sites for hydroxylation is 1. The Morgan fingerprint density at radius 3 is 2.41 bits per heavy atom. The third kappa shape index (κ3) is 5.88. The first-order chi connectivity index (χ1) is 12.5. The van der Waals surface area contributed by atoms with Crippen LogP contribution in [0.4, 0.5) is 11.4 Å². The van der Waals surface area contributed by atoms with Gasteiger partial charge in [-0.1, -0.05) is 0 Å². The van der Waals surface area contributed by atoms with E-state index in [1.165, 1.54) is 11.9 Å². The van der Waals surface area contributed by atoms with E-state index in [-0.39, 0.29) is 23.9 Å². The lowest BCUT2D eigenvalue weighted by Gasteiger charge is -2.32. The molecule has 1 N–H and O–H groups in total. The number of hydrogen-bond acceptors (Lipinski definition) is 5. The maximum absolute atomic E-state index is 12.5. The summed E-state index contributed by atoms with van der Waals surface area (Å²) < 4.78 is 0. The first-order valence-electron chi connectivity index (χ1n) is 9.20. The standard InChI is InChI=1S/C20H29N5O.ClH/c1-5-24(6-2)18-7-8-19(16(3)13-18)22-15-17(14-21)20(26)25-11-9-23(4)10-12-25;/h7-8,13,15,22H,5-6,9-12H2,1-4H3;1H/p-1/b17-15-;. The number of rotatable bonds is 6. The monoisotopic (exact) mass is 390 g/mol. The fourth-order valence-corrected chi connectivity index (χ4v) is 3.07. The van der Waals surface area contributed by atoms with Gasteiger partial charge in [-0.05, 0) is 51.6 Å². The Balaban J connectivity index is 0.00000364. The molecule has 0 atom stereocenters. The van der Waals surface area contributed by atoms with E-state index in [0.717, 1.165) is 37.4 Å². The zero-order valence-corrected chi connectivity index (χ0v) is 17.4. The summed E-state index contributed by atoms with van der Waals surface area (Å²) in [6.45, 7) is 11.2. The van der Waals surface area contributed by atoms with E-state index >= 15 is 0 Å². The zero-order valence-electron chi connectivity index (χ0n) is 16.6. The average Bonchev–Trinajstić information content (AvgIpc) is 2.65. The highest BCUT2D eigenvalue weighted by molar-refractivity contribution is 5.97. The third-order valence-electron chi connectivity index (χ3n) is 4.85. The fraction of sp³-hybridized carbons (Fsp3) is 0.500. The Bertz CT molecular complexity index is 701. The average molecular weight is 391 g/mol. The second kappa shape index (κ2) is 10.8. The molecule has 1 heterocycles. The van der Waals surface area contributed by atoms with Crippen LogP contribution in [-0.4, -0.2) is 62.0 Å². The molecule has 0 spiro atoms. The summed E-state index contributed by atoms with van der Waals surface area (Å²) in [6, 6.07) is 8.21. The molecule has 1 amide bonds. The number of amides is 1. The Morgan fingerprint density at radius 2 is 1.89 bits per heavy atom. The van der Waals surface area contributed by atoms with Gasteiger partial charge in [-0.25, -0.2) is 0 Å². The second-order valence-corrected chi connectivity index (χ2v) is 6.58. The second-order valence-electron chi connectivity index (χ2n) is 6.58. The molecule has 1 aromatic rings. The van der Waals surface area contributed by atoms with Crippen molar-refractivity contribution >= 4 is 17.3 Å². The molecular formula is C20H29ClN5O-. The van der Waals surface area contributed by atoms with Crippen LogP contribution in [0.2, 0.25) is 0 Å². The van der Waals surface area contributed by atoms with E-state index in [2.05, 4.69) is 41.1 Å². The van der Waals surface area contributed by atoms with Crippen molar-refractivity contribution in [3.8, 4) is 6.07 Å². The van der Waals surface area contributed by atoms with Gasteiger partial charge in [0.05, 0.1) is 0 Å². The molecule has 2 rings (SSSR count). The molecule has 1 aliphatic rings. The molecule has 0 bridgehead atoms. The molecule has 1 aromatic carbocycles. The molecule has 1 saturated heterocycles. The summed E-state index contributed by atoms with van der Waals surface area (Å²) in [6.07, 6.45) is 1.53. The quantitative estimate of drug-likeness (QED) is 0.521. The molecule has 148 valence electrons. The van der Waals surface area contributed by atoms with E-state index in [1.807, 2.05) is 26.1 Å². The molecule has 6 nitrogen and oxygen atoms in total. The number of benzene rings is 1. The smallest absolute Gasteiger partial charge is 0.266 e. The van der Waals surface area contributed by atoms with Crippen molar-refractivity contribution in [1.82, 2.24) is 9.80 Å². The van der Waals surface area contributed by atoms with Gasteiger partial charge in [0, 0.05) is 56.8 Å². The molecular weight excluding hydrogens is 362 g/mol. The van der Waals surface area contributed by atoms with Crippen molar-refractivity contribution in [1.29, 1.82) is 5.26 Å². The number of carbonyl (C=O) groups is 1. The summed E-state index contributed by atoms with van der Waals surface area (Å²) in [5.41, 5.74) is 3.30. The molecule has 0 unspecified atom stereocenters. The van der Waals surface area contributed by atoms with Gasteiger partial charge >= 0.3 is 0 Å². The summed E-state index contributed by atoms with van der Waals surface area (Å²) in [4.78, 5) is 18.7. The predicted molar refractivity (Wildman–Crippen MR) is 106 cm³/mol. The molecule has 0 aliphatic carbocycles. The number of likely N-dealkylation sites (N-methyl/N-ethyl adjacent to an activating group) is 1. The van der Waals surface area contributed by atoms with Crippen molar-refractivity contribution in [2.75, 3.05) is 56.5 Å². The van der Waals surface area contributed by atoms with E-state index < -0.39 is 0 Å². The van der Waals surface area contributed by atoms with Crippen LogP contribution in [0.1, 0.15) is 19.4 Å². The molecule has 27 heavy (non-hydrogen) atoms. The van der Waals surface area contributed by atoms with Gasteiger partial charge in [0.2, 0.25) is 0 Å². The van der Waals surface area contributed by atoms with E-state index in [1.54, 1.807) is 4.90 Å². The number of nitrogens with one attached hydrogen (secondary N) is 1. The number of hydrogen-bond donors (Lipinski definition) is 1. The fourth-order valence-electron chi connectivity index (χ4n) is 3.07. The Labute approximate surface area is 168 Å². The van der Waals surface area contributed by atoms with Gasteiger partial charge in [-0.3, -0.25) is 4.79 Å². The summed E-state index contributed by atoms with van der Waals surface area (Å²) in [5.74, 6) is -0.203. The van der Waals surface area contributed by atoms with E-state index in [4.69, 9.17) is 0 Å². The summed E-state index contributed by atoms with van der Waals surface area (Å²) in [7, 11) is 2.04. The molecule has 0 aromatic heterocycles. The van der Waals surface area contributed by atoms with Gasteiger partial charge in [0.1, 0.15) is 11.6 Å². The lowest BCUT2D eigenvalue weighted by molar-refractivity contribution is -0.128. The summed E-state index contributed by atoms with van der Waals surface area (Å²) >= 11 is 0. The van der Waals surface area contributed by atoms with E-state index in [0.29, 0.717) is 13.1 Å². The minimum Gasteiger partial charge on any atom is -1.00 e. The zero-order chi connectivity index (χ0) is 19.1. The first kappa shape index (κ1) is 22.8. The van der Waals surface area contributed by atoms with Crippen molar-refractivity contribution in [2.24, 2.45) is 0 Å². The van der Waals surface area contributed by atoms with Crippen LogP contribution in [0.3, 0.4) is 0 Å². The maximum atomic E-state index is 12.5. The molecule has 0 radical (unpaired) electrons. The van der Waals surface area contributed by atoms with Gasteiger partial charge < -0.3 is 32.4 Å². The molecule has 1 aliphatic heterocycles. The van der Waals surface area contributed by atoms with Gasteiger partial charge in [-0.2, -0.15) is 5.26 Å². The predicted octanol–water partition coefficient (Wildman–Crippen LogP) is -0.561. The normalized spacial score (nSPS) is 14.9. The Kier molecular flexibility index (Phi) is 9.13. The highest BCUT2D eigenvalue weighted by atomic mass is 35.5. The van der Waals surface area contributed by atoms with Crippen LogP contribution in [0.5, 0.6) is 0 Å². The molecule has 0 saturated carbocycles. The van der Waals surface area contributed by atoms with Crippen LogP contribution < -0.4 is 22.6 Å². The highest BCUT2D eigenvalue weighted by Gasteiger charge is 2.22.